The minimum Gasteiger partial charge on any atom is -0.377 e. The van der Waals surface area contributed by atoms with Crippen LogP contribution in [0.1, 0.15) is 13.8 Å². The van der Waals surface area contributed by atoms with E-state index in [0.29, 0.717) is 11.1 Å². The number of nitrogens with one attached hydrogen (secondary N) is 1. The van der Waals surface area contributed by atoms with E-state index in [1.807, 2.05) is 38.1 Å². The summed E-state index contributed by atoms with van der Waals surface area (Å²) < 4.78 is 0. The molecule has 0 bridgehead atoms. The van der Waals surface area contributed by atoms with Crippen molar-refractivity contribution in [2.75, 3.05) is 5.32 Å². The van der Waals surface area contributed by atoms with E-state index in [1.54, 1.807) is 12.1 Å². The Hall–Kier alpha value is -2.10. The topological polar surface area (TPSA) is 55.2 Å². The Bertz CT molecular complexity index is 564. The molecular formula is C13H14N2O2. The molecule has 0 radical (unpaired) electrons. The number of rotatable bonds is 3. The van der Waals surface area contributed by atoms with Gasteiger partial charge >= 0.3 is 0 Å². The molecule has 4 heteroatoms. The molecular weight excluding hydrogens is 216 g/mol. The average Bonchev–Trinajstić information content (AvgIpc) is 2.27. The van der Waals surface area contributed by atoms with Gasteiger partial charge in [-0.2, -0.15) is 0 Å². The molecule has 0 spiro atoms. The maximum Gasteiger partial charge on any atom is 0.300 e. The van der Waals surface area contributed by atoms with Gasteiger partial charge in [0.25, 0.3) is 5.69 Å². The van der Waals surface area contributed by atoms with Crippen LogP contribution in [-0.2, 0) is 0 Å². The van der Waals surface area contributed by atoms with Gasteiger partial charge in [-0.15, -0.1) is 0 Å². The third-order valence-electron chi connectivity index (χ3n) is 2.53. The molecule has 0 saturated heterocycles. The fraction of sp³-hybridized carbons (Fsp3) is 0.231. The van der Waals surface area contributed by atoms with Crippen LogP contribution in [0.2, 0.25) is 0 Å². The van der Waals surface area contributed by atoms with Gasteiger partial charge in [0.05, 0.1) is 10.3 Å². The molecule has 2 aromatic rings. The number of benzene rings is 2. The number of hydrogen-bond acceptors (Lipinski definition) is 3. The lowest BCUT2D eigenvalue weighted by Crippen LogP contribution is -2.11. The van der Waals surface area contributed by atoms with Crippen molar-refractivity contribution in [1.82, 2.24) is 0 Å². The van der Waals surface area contributed by atoms with Crippen molar-refractivity contribution in [2.45, 2.75) is 19.9 Å². The zero-order valence-electron chi connectivity index (χ0n) is 9.81. The maximum absolute atomic E-state index is 11.2. The van der Waals surface area contributed by atoms with E-state index < -0.39 is 0 Å². The molecule has 0 fully saturated rings. The van der Waals surface area contributed by atoms with E-state index in [9.17, 15) is 10.1 Å². The van der Waals surface area contributed by atoms with E-state index in [0.717, 1.165) is 5.39 Å². The summed E-state index contributed by atoms with van der Waals surface area (Å²) in [5.74, 6) is 0. The third kappa shape index (κ3) is 2.20. The van der Waals surface area contributed by atoms with E-state index in [4.69, 9.17) is 0 Å². The lowest BCUT2D eigenvalue weighted by Gasteiger charge is -2.11. The van der Waals surface area contributed by atoms with Crippen molar-refractivity contribution in [3.05, 3.63) is 46.5 Å². The molecule has 0 aliphatic rings. The molecule has 2 rings (SSSR count). The van der Waals surface area contributed by atoms with Crippen molar-refractivity contribution < 1.29 is 4.92 Å². The summed E-state index contributed by atoms with van der Waals surface area (Å²) in [6, 6.07) is 11.2. The first kappa shape index (κ1) is 11.4. The minimum absolute atomic E-state index is 0.150. The van der Waals surface area contributed by atoms with Crippen LogP contribution in [-0.4, -0.2) is 11.0 Å². The Labute approximate surface area is 99.4 Å². The summed E-state index contributed by atoms with van der Waals surface area (Å²) in [6.07, 6.45) is 0. The third-order valence-corrected chi connectivity index (χ3v) is 2.53. The van der Waals surface area contributed by atoms with Crippen LogP contribution in [0.5, 0.6) is 0 Å². The summed E-state index contributed by atoms with van der Waals surface area (Å²) in [5.41, 5.74) is 0.723. The van der Waals surface area contributed by atoms with Crippen LogP contribution in [0.15, 0.2) is 36.4 Å². The molecule has 0 aliphatic carbocycles. The van der Waals surface area contributed by atoms with Gasteiger partial charge in [0, 0.05) is 6.04 Å². The Kier molecular flexibility index (Phi) is 2.95. The van der Waals surface area contributed by atoms with Crippen LogP contribution >= 0.6 is 0 Å². The molecule has 0 saturated carbocycles. The van der Waals surface area contributed by atoms with E-state index in [1.165, 1.54) is 0 Å². The monoisotopic (exact) mass is 230 g/mol. The number of nitrogens with zero attached hydrogens (tertiary/aromatic N) is 1. The lowest BCUT2D eigenvalue weighted by atomic mass is 10.1. The highest BCUT2D eigenvalue weighted by molar-refractivity contribution is 5.96. The number of fused-ring (bicyclic) bond motifs is 1. The largest absolute Gasteiger partial charge is 0.377 e. The number of anilines is 1. The zero-order chi connectivity index (χ0) is 12.4. The second-order valence-electron chi connectivity index (χ2n) is 4.24. The number of nitro benzene ring substituents is 1. The lowest BCUT2D eigenvalue weighted by molar-refractivity contribution is -0.382. The smallest absolute Gasteiger partial charge is 0.300 e. The van der Waals surface area contributed by atoms with E-state index in [2.05, 4.69) is 5.32 Å². The molecule has 2 aromatic carbocycles. The van der Waals surface area contributed by atoms with Gasteiger partial charge < -0.3 is 5.32 Å². The first-order chi connectivity index (χ1) is 8.09. The summed E-state index contributed by atoms with van der Waals surface area (Å²) in [7, 11) is 0. The highest BCUT2D eigenvalue weighted by atomic mass is 16.6. The Morgan fingerprint density at radius 3 is 2.53 bits per heavy atom. The predicted octanol–water partition coefficient (Wildman–Crippen LogP) is 3.57. The van der Waals surface area contributed by atoms with Gasteiger partial charge in [0.1, 0.15) is 5.69 Å². The highest BCUT2D eigenvalue weighted by Gasteiger charge is 2.18. The molecule has 0 aromatic heterocycles. The molecule has 88 valence electrons. The second kappa shape index (κ2) is 4.41. The quantitative estimate of drug-likeness (QED) is 0.647. The summed E-state index contributed by atoms with van der Waals surface area (Å²) in [4.78, 5) is 10.9. The van der Waals surface area contributed by atoms with Crippen LogP contribution in [0.3, 0.4) is 0 Å². The molecule has 4 nitrogen and oxygen atoms in total. The fourth-order valence-electron chi connectivity index (χ4n) is 1.88. The average molecular weight is 230 g/mol. The van der Waals surface area contributed by atoms with Crippen LogP contribution in [0.25, 0.3) is 10.8 Å². The molecule has 0 unspecified atom stereocenters. The molecule has 1 N–H and O–H groups in total. The molecule has 0 amide bonds. The number of hydrogen-bond donors (Lipinski definition) is 1. The molecule has 17 heavy (non-hydrogen) atoms. The van der Waals surface area contributed by atoms with Crippen molar-refractivity contribution in [1.29, 1.82) is 0 Å². The first-order valence-corrected chi connectivity index (χ1v) is 5.52. The van der Waals surface area contributed by atoms with Gasteiger partial charge in [-0.1, -0.05) is 24.3 Å². The Morgan fingerprint density at radius 1 is 1.18 bits per heavy atom. The summed E-state index contributed by atoms with van der Waals surface area (Å²) in [5, 5.41) is 15.8. The first-order valence-electron chi connectivity index (χ1n) is 5.52. The second-order valence-corrected chi connectivity index (χ2v) is 4.24. The zero-order valence-corrected chi connectivity index (χ0v) is 9.81. The highest BCUT2D eigenvalue weighted by Crippen LogP contribution is 2.33. The van der Waals surface area contributed by atoms with Gasteiger partial charge in [0.15, 0.2) is 0 Å². The molecule has 0 aliphatic heterocycles. The van der Waals surface area contributed by atoms with Crippen molar-refractivity contribution in [3.8, 4) is 0 Å². The Morgan fingerprint density at radius 2 is 1.88 bits per heavy atom. The van der Waals surface area contributed by atoms with E-state index in [-0.39, 0.29) is 16.7 Å². The normalized spacial score (nSPS) is 10.8. The van der Waals surface area contributed by atoms with Crippen LogP contribution in [0, 0.1) is 10.1 Å². The minimum atomic E-state index is -0.326. The van der Waals surface area contributed by atoms with Gasteiger partial charge in [-0.3, -0.25) is 10.1 Å². The van der Waals surface area contributed by atoms with Crippen molar-refractivity contribution in [2.24, 2.45) is 0 Å². The summed E-state index contributed by atoms with van der Waals surface area (Å²) >= 11 is 0. The molecule has 0 atom stereocenters. The van der Waals surface area contributed by atoms with Crippen molar-refractivity contribution in [3.63, 3.8) is 0 Å². The standard InChI is InChI=1S/C13H14N2O2/c1-9(2)14-12-8-7-10-5-3-4-6-11(10)13(12)15(16)17/h3-9,14H,1-2H3. The van der Waals surface area contributed by atoms with Gasteiger partial charge in [-0.05, 0) is 31.4 Å². The van der Waals surface area contributed by atoms with Crippen LogP contribution < -0.4 is 5.32 Å². The van der Waals surface area contributed by atoms with E-state index >= 15 is 0 Å². The molecule has 0 heterocycles. The van der Waals surface area contributed by atoms with Gasteiger partial charge in [-0.25, -0.2) is 0 Å². The maximum atomic E-state index is 11.2. The van der Waals surface area contributed by atoms with Crippen molar-refractivity contribution >= 4 is 22.1 Å². The fourth-order valence-corrected chi connectivity index (χ4v) is 1.88. The number of nitro groups is 1. The summed E-state index contributed by atoms with van der Waals surface area (Å²) in [6.45, 7) is 3.91. The van der Waals surface area contributed by atoms with Gasteiger partial charge in [0.2, 0.25) is 0 Å². The SMILES string of the molecule is CC(C)Nc1ccc2ccccc2c1[N+](=O)[O-]. The Balaban J connectivity index is 2.68. The predicted molar refractivity (Wildman–Crippen MR) is 69.4 cm³/mol. The van der Waals surface area contributed by atoms with Crippen LogP contribution in [0.4, 0.5) is 11.4 Å².